The number of nitrogens with zero attached hydrogens (tertiary/aromatic N) is 2. The highest BCUT2D eigenvalue weighted by molar-refractivity contribution is 5.85. The molecule has 0 atom stereocenters. The molecule has 2 rings (SSSR count). The summed E-state index contributed by atoms with van der Waals surface area (Å²) in [5.41, 5.74) is 1.26. The van der Waals surface area contributed by atoms with Crippen LogP contribution in [0.25, 0.3) is 0 Å². The highest BCUT2D eigenvalue weighted by Gasteiger charge is 2.21. The number of hydrogen-bond acceptors (Lipinski definition) is 4. The van der Waals surface area contributed by atoms with E-state index in [0.717, 1.165) is 25.2 Å². The number of nitro groups is 1. The van der Waals surface area contributed by atoms with Gasteiger partial charge in [-0.3, -0.25) is 15.0 Å². The Morgan fingerprint density at radius 1 is 1.41 bits per heavy atom. The first kappa shape index (κ1) is 13.9. The summed E-state index contributed by atoms with van der Waals surface area (Å²) in [4.78, 5) is 12.4. The van der Waals surface area contributed by atoms with E-state index >= 15 is 0 Å². The van der Waals surface area contributed by atoms with Crippen LogP contribution < -0.4 is 5.32 Å². The highest BCUT2D eigenvalue weighted by atomic mass is 35.5. The lowest BCUT2D eigenvalue weighted by molar-refractivity contribution is -0.384. The molecule has 6 heteroatoms. The molecule has 17 heavy (non-hydrogen) atoms. The van der Waals surface area contributed by atoms with Crippen molar-refractivity contribution < 1.29 is 4.92 Å². The molecular weight excluding hydrogens is 242 g/mol. The van der Waals surface area contributed by atoms with Crippen molar-refractivity contribution >= 4 is 18.1 Å². The van der Waals surface area contributed by atoms with Crippen molar-refractivity contribution in [2.45, 2.75) is 12.6 Å². The normalized spacial score (nSPS) is 15.2. The summed E-state index contributed by atoms with van der Waals surface area (Å²) >= 11 is 0. The van der Waals surface area contributed by atoms with Crippen LogP contribution in [0, 0.1) is 10.1 Å². The highest BCUT2D eigenvalue weighted by Crippen LogP contribution is 2.14. The van der Waals surface area contributed by atoms with E-state index in [4.69, 9.17) is 0 Å². The van der Waals surface area contributed by atoms with Crippen molar-refractivity contribution in [2.24, 2.45) is 0 Å². The molecule has 1 fully saturated rings. The van der Waals surface area contributed by atoms with Crippen LogP contribution in [0.1, 0.15) is 5.56 Å². The summed E-state index contributed by atoms with van der Waals surface area (Å²) in [6.07, 6.45) is 0. The summed E-state index contributed by atoms with van der Waals surface area (Å²) in [6.45, 7) is 2.90. The van der Waals surface area contributed by atoms with Gasteiger partial charge in [-0.2, -0.15) is 0 Å². The quantitative estimate of drug-likeness (QED) is 0.655. The lowest BCUT2D eigenvalue weighted by atomic mass is 10.1. The second-order valence-corrected chi connectivity index (χ2v) is 4.15. The number of halogens is 1. The summed E-state index contributed by atoms with van der Waals surface area (Å²) in [7, 11) is 2.08. The van der Waals surface area contributed by atoms with Crippen molar-refractivity contribution in [1.29, 1.82) is 0 Å². The first-order chi connectivity index (χ1) is 7.66. The molecule has 0 aliphatic carbocycles. The first-order valence-electron chi connectivity index (χ1n) is 5.31. The SMILES string of the molecule is CN(Cc1ccc([N+](=O)[O-])cc1)C1CNC1.Cl. The van der Waals surface area contributed by atoms with Gasteiger partial charge in [0.05, 0.1) is 4.92 Å². The van der Waals surface area contributed by atoms with Crippen LogP contribution in [0.3, 0.4) is 0 Å². The van der Waals surface area contributed by atoms with Crippen molar-refractivity contribution in [3.63, 3.8) is 0 Å². The Morgan fingerprint density at radius 3 is 2.41 bits per heavy atom. The molecule has 1 aliphatic heterocycles. The van der Waals surface area contributed by atoms with Gasteiger partial charge in [0, 0.05) is 37.8 Å². The predicted molar refractivity (Wildman–Crippen MR) is 68.5 cm³/mol. The molecule has 0 radical (unpaired) electrons. The molecule has 1 N–H and O–H groups in total. The Bertz CT molecular complexity index is 379. The fourth-order valence-corrected chi connectivity index (χ4v) is 1.73. The van der Waals surface area contributed by atoms with E-state index in [1.165, 1.54) is 0 Å². The van der Waals surface area contributed by atoms with Crippen molar-refractivity contribution in [1.82, 2.24) is 10.2 Å². The zero-order valence-corrected chi connectivity index (χ0v) is 10.4. The Balaban J connectivity index is 0.00000144. The van der Waals surface area contributed by atoms with Crippen LogP contribution in [0.4, 0.5) is 5.69 Å². The number of benzene rings is 1. The van der Waals surface area contributed by atoms with Gasteiger partial charge in [-0.15, -0.1) is 12.4 Å². The van der Waals surface area contributed by atoms with Crippen molar-refractivity contribution in [3.8, 4) is 0 Å². The van der Waals surface area contributed by atoms with Gasteiger partial charge in [-0.1, -0.05) is 12.1 Å². The molecule has 0 saturated carbocycles. The third kappa shape index (κ3) is 3.39. The van der Waals surface area contributed by atoms with Gasteiger partial charge in [0.15, 0.2) is 0 Å². The van der Waals surface area contributed by atoms with E-state index in [1.54, 1.807) is 12.1 Å². The predicted octanol–water partition coefficient (Wildman–Crippen LogP) is 1.42. The minimum absolute atomic E-state index is 0. The molecule has 0 unspecified atom stereocenters. The minimum Gasteiger partial charge on any atom is -0.314 e. The Morgan fingerprint density at radius 2 is 2.00 bits per heavy atom. The standard InChI is InChI=1S/C11H15N3O2.ClH/c1-13(11-6-12-7-11)8-9-2-4-10(5-3-9)14(15)16;/h2-5,11-12H,6-8H2,1H3;1H. The van der Waals surface area contributed by atoms with Crippen LogP contribution in [0.2, 0.25) is 0 Å². The molecular formula is C11H16ClN3O2. The van der Waals surface area contributed by atoms with Crippen LogP contribution in [-0.2, 0) is 6.54 Å². The van der Waals surface area contributed by atoms with E-state index in [1.807, 2.05) is 12.1 Å². The minimum atomic E-state index is -0.372. The van der Waals surface area contributed by atoms with Crippen LogP contribution in [0.15, 0.2) is 24.3 Å². The van der Waals surface area contributed by atoms with Gasteiger partial charge in [0.25, 0.3) is 5.69 Å². The van der Waals surface area contributed by atoms with Crippen LogP contribution >= 0.6 is 12.4 Å². The molecule has 0 bridgehead atoms. The van der Waals surface area contributed by atoms with Crippen molar-refractivity contribution in [3.05, 3.63) is 39.9 Å². The third-order valence-electron chi connectivity index (χ3n) is 2.96. The number of hydrogen-bond donors (Lipinski definition) is 1. The van der Waals surface area contributed by atoms with Gasteiger partial charge in [-0.05, 0) is 12.6 Å². The molecule has 1 heterocycles. The monoisotopic (exact) mass is 257 g/mol. The zero-order valence-electron chi connectivity index (χ0n) is 9.63. The molecule has 1 aliphatic rings. The molecule has 5 nitrogen and oxygen atoms in total. The molecule has 0 spiro atoms. The summed E-state index contributed by atoms with van der Waals surface area (Å²) < 4.78 is 0. The lowest BCUT2D eigenvalue weighted by Gasteiger charge is -2.35. The molecule has 0 aromatic heterocycles. The zero-order chi connectivity index (χ0) is 11.5. The van der Waals surface area contributed by atoms with E-state index < -0.39 is 0 Å². The maximum atomic E-state index is 10.5. The average Bonchev–Trinajstić information content (AvgIpc) is 2.15. The fourth-order valence-electron chi connectivity index (χ4n) is 1.73. The van der Waals surface area contributed by atoms with Gasteiger partial charge in [0.2, 0.25) is 0 Å². The number of rotatable bonds is 4. The summed E-state index contributed by atoms with van der Waals surface area (Å²) in [6, 6.07) is 7.35. The number of nitrogens with one attached hydrogen (secondary N) is 1. The summed E-state index contributed by atoms with van der Waals surface area (Å²) in [5, 5.41) is 13.7. The first-order valence-corrected chi connectivity index (χ1v) is 5.31. The summed E-state index contributed by atoms with van der Waals surface area (Å²) in [5.74, 6) is 0. The molecule has 94 valence electrons. The van der Waals surface area contributed by atoms with E-state index in [-0.39, 0.29) is 23.0 Å². The Kier molecular flexibility index (Phi) is 4.86. The smallest absolute Gasteiger partial charge is 0.269 e. The van der Waals surface area contributed by atoms with Crippen LogP contribution in [-0.4, -0.2) is 36.0 Å². The maximum absolute atomic E-state index is 10.5. The molecule has 1 saturated heterocycles. The molecule has 0 amide bonds. The van der Waals surface area contributed by atoms with Gasteiger partial charge < -0.3 is 5.32 Å². The maximum Gasteiger partial charge on any atom is 0.269 e. The van der Waals surface area contributed by atoms with Crippen LogP contribution in [0.5, 0.6) is 0 Å². The van der Waals surface area contributed by atoms with Gasteiger partial charge in [-0.25, -0.2) is 0 Å². The van der Waals surface area contributed by atoms with E-state index in [9.17, 15) is 10.1 Å². The number of non-ortho nitro benzene ring substituents is 1. The Hall–Kier alpha value is -1.17. The van der Waals surface area contributed by atoms with E-state index in [2.05, 4.69) is 17.3 Å². The number of nitro benzene ring substituents is 1. The van der Waals surface area contributed by atoms with Crippen molar-refractivity contribution in [2.75, 3.05) is 20.1 Å². The second kappa shape index (κ2) is 5.95. The molecule has 1 aromatic rings. The number of likely N-dealkylation sites (N-methyl/N-ethyl adjacent to an activating group) is 1. The van der Waals surface area contributed by atoms with Gasteiger partial charge >= 0.3 is 0 Å². The lowest BCUT2D eigenvalue weighted by Crippen LogP contribution is -2.55. The third-order valence-corrected chi connectivity index (χ3v) is 2.96. The molecule has 1 aromatic carbocycles. The Labute approximate surface area is 106 Å². The van der Waals surface area contributed by atoms with E-state index in [0.29, 0.717) is 6.04 Å². The fraction of sp³-hybridized carbons (Fsp3) is 0.455. The largest absolute Gasteiger partial charge is 0.314 e. The second-order valence-electron chi connectivity index (χ2n) is 4.15. The average molecular weight is 258 g/mol. The van der Waals surface area contributed by atoms with Gasteiger partial charge in [0.1, 0.15) is 0 Å². The topological polar surface area (TPSA) is 58.4 Å².